The average molecular weight is 271 g/mol. The molecule has 0 unspecified atom stereocenters. The maximum Gasteiger partial charge on any atom is 0.360 e. The number of anilines is 1. The molecule has 1 aromatic rings. The quantitative estimate of drug-likeness (QED) is 0.512. The first-order valence-electron chi connectivity index (χ1n) is 4.89. The molecular weight excluding hydrogens is 262 g/mol. The van der Waals surface area contributed by atoms with Crippen molar-refractivity contribution in [2.45, 2.75) is 18.4 Å². The molecule has 4 N–H and O–H groups in total. The highest BCUT2D eigenvalue weighted by atomic mass is 32.1. The number of nitrogens with two attached hydrogens (primary N) is 1. The molecule has 1 heterocycles. The molecule has 0 spiro atoms. The largest absolute Gasteiger partial charge is 0.478 e. The van der Waals surface area contributed by atoms with Gasteiger partial charge >= 0.3 is 11.9 Å². The van der Waals surface area contributed by atoms with Crippen molar-refractivity contribution in [1.82, 2.24) is 4.98 Å². The summed E-state index contributed by atoms with van der Waals surface area (Å²) in [6.45, 7) is 0. The number of hydrogen-bond acceptors (Lipinski definition) is 7. The summed E-state index contributed by atoms with van der Waals surface area (Å²) >= 11 is 1.06. The molecule has 18 heavy (non-hydrogen) atoms. The van der Waals surface area contributed by atoms with Crippen LogP contribution >= 0.6 is 11.3 Å². The van der Waals surface area contributed by atoms with Crippen molar-refractivity contribution in [3.63, 3.8) is 0 Å². The van der Waals surface area contributed by atoms with Gasteiger partial charge in [0.15, 0.2) is 5.13 Å². The summed E-state index contributed by atoms with van der Waals surface area (Å²) in [5, 5.41) is 22.8. The molecule has 0 aromatic carbocycles. The number of oxime groups is 1. The molecule has 8 nitrogen and oxygen atoms in total. The Bertz CT molecular complexity index is 534. The van der Waals surface area contributed by atoms with Crippen molar-refractivity contribution < 1.29 is 24.6 Å². The number of nitrogens with zero attached hydrogens (tertiary/aromatic N) is 2. The van der Waals surface area contributed by atoms with Gasteiger partial charge in [-0.3, -0.25) is 0 Å². The first-order valence-corrected chi connectivity index (χ1v) is 5.77. The van der Waals surface area contributed by atoms with Crippen LogP contribution in [0.15, 0.2) is 10.5 Å². The van der Waals surface area contributed by atoms with Gasteiger partial charge in [0.1, 0.15) is 5.69 Å². The van der Waals surface area contributed by atoms with Gasteiger partial charge in [0.2, 0.25) is 11.3 Å². The molecule has 0 radical (unpaired) electrons. The Kier molecular flexibility index (Phi) is 2.91. The van der Waals surface area contributed by atoms with Crippen molar-refractivity contribution in [1.29, 1.82) is 0 Å². The number of aromatic nitrogens is 1. The Hall–Kier alpha value is -2.16. The Balaban J connectivity index is 2.21. The highest BCUT2D eigenvalue weighted by Crippen LogP contribution is 2.40. The molecule has 0 bridgehead atoms. The lowest BCUT2D eigenvalue weighted by molar-refractivity contribution is -0.153. The minimum atomic E-state index is -1.39. The number of carbonyl (C=O) groups is 2. The van der Waals surface area contributed by atoms with Crippen LogP contribution in [0, 0.1) is 0 Å². The SMILES string of the molecule is Nc1nc(/C(=N/OC2(C(=O)O)CC2)C(=O)O)cs1. The summed E-state index contributed by atoms with van der Waals surface area (Å²) in [6.07, 6.45) is 0.607. The summed E-state index contributed by atoms with van der Waals surface area (Å²) in [5.41, 5.74) is 3.58. The van der Waals surface area contributed by atoms with E-state index in [0.29, 0.717) is 12.8 Å². The van der Waals surface area contributed by atoms with Crippen molar-refractivity contribution in [3.8, 4) is 0 Å². The van der Waals surface area contributed by atoms with Crippen LogP contribution in [-0.2, 0) is 14.4 Å². The fourth-order valence-corrected chi connectivity index (χ4v) is 1.73. The fraction of sp³-hybridized carbons (Fsp3) is 0.333. The van der Waals surface area contributed by atoms with E-state index in [2.05, 4.69) is 10.1 Å². The second kappa shape index (κ2) is 4.26. The van der Waals surface area contributed by atoms with Gasteiger partial charge in [0.05, 0.1) is 0 Å². The average Bonchev–Trinajstić information content (AvgIpc) is 2.96. The molecular formula is C9H9N3O5S. The van der Waals surface area contributed by atoms with Gasteiger partial charge in [-0.05, 0) is 0 Å². The molecule has 1 aliphatic carbocycles. The van der Waals surface area contributed by atoms with Gasteiger partial charge in [-0.2, -0.15) is 0 Å². The van der Waals surface area contributed by atoms with Crippen LogP contribution in [0.1, 0.15) is 18.5 Å². The Labute approximate surface area is 105 Å². The Morgan fingerprint density at radius 3 is 2.56 bits per heavy atom. The van der Waals surface area contributed by atoms with Gasteiger partial charge in [0, 0.05) is 18.2 Å². The third kappa shape index (κ3) is 2.25. The lowest BCUT2D eigenvalue weighted by Gasteiger charge is -2.07. The van der Waals surface area contributed by atoms with Crippen LogP contribution < -0.4 is 5.73 Å². The van der Waals surface area contributed by atoms with E-state index < -0.39 is 23.3 Å². The number of hydrogen-bond donors (Lipinski definition) is 3. The van der Waals surface area contributed by atoms with E-state index in [1.165, 1.54) is 5.38 Å². The zero-order valence-electron chi connectivity index (χ0n) is 8.99. The summed E-state index contributed by atoms with van der Waals surface area (Å²) in [7, 11) is 0. The van der Waals surface area contributed by atoms with Crippen molar-refractivity contribution in [2.75, 3.05) is 5.73 Å². The zero-order chi connectivity index (χ0) is 13.3. The summed E-state index contributed by atoms with van der Waals surface area (Å²) < 4.78 is 0. The maximum absolute atomic E-state index is 11.0. The fourth-order valence-electron chi connectivity index (χ4n) is 1.18. The number of carboxylic acid groups (broad SMARTS) is 2. The van der Waals surface area contributed by atoms with Crippen LogP contribution in [0.5, 0.6) is 0 Å². The van der Waals surface area contributed by atoms with Crippen molar-refractivity contribution in [2.24, 2.45) is 5.16 Å². The predicted molar refractivity (Wildman–Crippen MR) is 61.4 cm³/mol. The molecule has 0 saturated heterocycles. The second-order valence-corrected chi connectivity index (χ2v) is 4.60. The van der Waals surface area contributed by atoms with Gasteiger partial charge in [-0.15, -0.1) is 11.3 Å². The van der Waals surface area contributed by atoms with E-state index in [4.69, 9.17) is 20.8 Å². The van der Waals surface area contributed by atoms with Gasteiger partial charge in [-0.25, -0.2) is 14.6 Å². The standard InChI is InChI=1S/C9H9N3O5S/c10-8-11-4(3-18-8)5(6(13)14)12-17-9(1-2-9)7(15)16/h3H,1-2H2,(H2,10,11)(H,13,14)(H,15,16)/b12-5-. The maximum atomic E-state index is 11.0. The Morgan fingerprint density at radius 2 is 2.17 bits per heavy atom. The smallest absolute Gasteiger partial charge is 0.360 e. The predicted octanol–water partition coefficient (Wildman–Crippen LogP) is 0.148. The van der Waals surface area contributed by atoms with Gasteiger partial charge < -0.3 is 20.8 Å². The number of thiazole rings is 1. The van der Waals surface area contributed by atoms with Crippen LogP contribution in [0.2, 0.25) is 0 Å². The summed E-state index contributed by atoms with van der Waals surface area (Å²) in [4.78, 5) is 30.4. The summed E-state index contributed by atoms with van der Waals surface area (Å²) in [6, 6.07) is 0. The van der Waals surface area contributed by atoms with Gasteiger partial charge in [-0.1, -0.05) is 5.16 Å². The monoisotopic (exact) mass is 271 g/mol. The third-order valence-corrected chi connectivity index (χ3v) is 3.05. The minimum Gasteiger partial charge on any atom is -0.478 e. The molecule has 0 amide bonds. The summed E-state index contributed by atoms with van der Waals surface area (Å²) in [5.74, 6) is -2.52. The molecule has 2 rings (SSSR count). The highest BCUT2D eigenvalue weighted by Gasteiger charge is 2.54. The molecule has 1 aromatic heterocycles. The highest BCUT2D eigenvalue weighted by molar-refractivity contribution is 7.13. The van der Waals surface area contributed by atoms with Crippen molar-refractivity contribution >= 4 is 34.1 Å². The first-order chi connectivity index (χ1) is 8.44. The number of rotatable bonds is 5. The normalized spacial score (nSPS) is 17.2. The molecule has 0 atom stereocenters. The van der Waals surface area contributed by atoms with E-state index in [1.807, 2.05) is 0 Å². The van der Waals surface area contributed by atoms with Crippen LogP contribution in [0.25, 0.3) is 0 Å². The van der Waals surface area contributed by atoms with E-state index in [0.717, 1.165) is 11.3 Å². The molecule has 1 aliphatic rings. The minimum absolute atomic E-state index is 0.0474. The topological polar surface area (TPSA) is 135 Å². The van der Waals surface area contributed by atoms with Gasteiger partial charge in [0.25, 0.3) is 0 Å². The number of carboxylic acids is 2. The second-order valence-electron chi connectivity index (χ2n) is 3.71. The number of aliphatic carboxylic acids is 2. The molecule has 1 saturated carbocycles. The van der Waals surface area contributed by atoms with E-state index in [9.17, 15) is 9.59 Å². The van der Waals surface area contributed by atoms with E-state index in [-0.39, 0.29) is 10.8 Å². The lowest BCUT2D eigenvalue weighted by atomic mass is 10.3. The first kappa shape index (κ1) is 12.3. The third-order valence-electron chi connectivity index (χ3n) is 2.37. The zero-order valence-corrected chi connectivity index (χ0v) is 9.81. The lowest BCUT2D eigenvalue weighted by Crippen LogP contribution is -2.25. The van der Waals surface area contributed by atoms with Crippen LogP contribution in [0.4, 0.5) is 5.13 Å². The van der Waals surface area contributed by atoms with E-state index in [1.54, 1.807) is 0 Å². The molecule has 96 valence electrons. The number of nitrogen functional groups attached to an aromatic ring is 1. The van der Waals surface area contributed by atoms with E-state index >= 15 is 0 Å². The Morgan fingerprint density at radius 1 is 1.50 bits per heavy atom. The van der Waals surface area contributed by atoms with Crippen molar-refractivity contribution in [3.05, 3.63) is 11.1 Å². The van der Waals surface area contributed by atoms with Crippen LogP contribution in [0.3, 0.4) is 0 Å². The molecule has 1 fully saturated rings. The molecule has 9 heteroatoms. The van der Waals surface area contributed by atoms with Crippen LogP contribution in [-0.4, -0.2) is 38.4 Å². The molecule has 0 aliphatic heterocycles.